The van der Waals surface area contributed by atoms with E-state index in [2.05, 4.69) is 9.44 Å². The minimum atomic E-state index is -4.40. The molecule has 0 spiro atoms. The summed E-state index contributed by atoms with van der Waals surface area (Å²) in [6.45, 7) is 0. The van der Waals surface area contributed by atoms with Crippen LogP contribution >= 0.6 is 34.5 Å². The lowest BCUT2D eigenvalue weighted by atomic mass is 10.3. The molecule has 0 radical (unpaired) electrons. The van der Waals surface area contributed by atoms with Crippen molar-refractivity contribution in [1.29, 1.82) is 0 Å². The number of nitrogens with one attached hydrogen (secondary N) is 2. The van der Waals surface area contributed by atoms with Crippen molar-refractivity contribution in [2.75, 3.05) is 9.44 Å². The number of anilines is 2. The van der Waals surface area contributed by atoms with Crippen LogP contribution in [-0.2, 0) is 20.0 Å². The van der Waals surface area contributed by atoms with E-state index in [-0.39, 0.29) is 31.2 Å². The molecule has 1 aromatic carbocycles. The largest absolute Gasteiger partial charge is 0.478 e. The molecule has 154 valence electrons. The number of carboxylic acids is 1. The Morgan fingerprint density at radius 3 is 2.07 bits per heavy atom. The number of halogens is 2. The summed E-state index contributed by atoms with van der Waals surface area (Å²) < 4.78 is 59.2. The minimum Gasteiger partial charge on any atom is -0.478 e. The Kier molecular flexibility index (Phi) is 5.83. The molecule has 0 amide bonds. The van der Waals surface area contributed by atoms with Gasteiger partial charge in [-0.25, -0.2) is 13.2 Å². The molecule has 29 heavy (non-hydrogen) atoms. The van der Waals surface area contributed by atoms with Crippen LogP contribution in [0.3, 0.4) is 0 Å². The Morgan fingerprint density at radius 1 is 1.00 bits per heavy atom. The normalized spacial score (nSPS) is 11.9. The average molecular weight is 497 g/mol. The molecule has 0 atom stereocenters. The van der Waals surface area contributed by atoms with Crippen LogP contribution in [0.25, 0.3) is 0 Å². The van der Waals surface area contributed by atoms with Gasteiger partial charge < -0.3 is 9.52 Å². The highest BCUT2D eigenvalue weighted by Crippen LogP contribution is 2.35. The molecule has 0 aliphatic carbocycles. The van der Waals surface area contributed by atoms with Gasteiger partial charge in [0.2, 0.25) is 5.09 Å². The van der Waals surface area contributed by atoms with Crippen LogP contribution in [0.15, 0.2) is 55.7 Å². The van der Waals surface area contributed by atoms with Gasteiger partial charge >= 0.3 is 5.97 Å². The maximum atomic E-state index is 12.5. The molecular weight excluding hydrogens is 487 g/mol. The number of carbonyl (C=O) groups is 1. The summed E-state index contributed by atoms with van der Waals surface area (Å²) in [4.78, 5) is 10.9. The van der Waals surface area contributed by atoms with Gasteiger partial charge in [-0.15, -0.1) is 11.3 Å². The Labute approximate surface area is 179 Å². The number of sulfonamides is 2. The molecular formula is C15H10Cl2N2O7S3. The van der Waals surface area contributed by atoms with Gasteiger partial charge in [0.15, 0.2) is 0 Å². The summed E-state index contributed by atoms with van der Waals surface area (Å²) in [6, 6.07) is 5.95. The second kappa shape index (κ2) is 7.88. The zero-order chi connectivity index (χ0) is 21.4. The van der Waals surface area contributed by atoms with Gasteiger partial charge in [0.05, 0.1) is 27.0 Å². The van der Waals surface area contributed by atoms with Crippen LogP contribution in [0.5, 0.6) is 0 Å². The van der Waals surface area contributed by atoms with E-state index in [0.29, 0.717) is 0 Å². The molecule has 2 heterocycles. The van der Waals surface area contributed by atoms with Crippen molar-refractivity contribution in [2.24, 2.45) is 0 Å². The maximum absolute atomic E-state index is 12.5. The first-order valence-corrected chi connectivity index (χ1v) is 12.0. The second-order valence-corrected chi connectivity index (χ2v) is 10.7. The third kappa shape index (κ3) is 4.67. The molecule has 3 rings (SSSR count). The molecule has 0 aliphatic heterocycles. The number of rotatable bonds is 7. The van der Waals surface area contributed by atoms with E-state index in [1.54, 1.807) is 5.38 Å². The van der Waals surface area contributed by atoms with Crippen LogP contribution in [0.1, 0.15) is 10.4 Å². The van der Waals surface area contributed by atoms with Crippen LogP contribution in [0.4, 0.5) is 11.4 Å². The summed E-state index contributed by atoms with van der Waals surface area (Å²) in [5.41, 5.74) is -0.813. The third-order valence-electron chi connectivity index (χ3n) is 3.40. The fraction of sp³-hybridized carbons (Fsp3) is 0. The molecule has 0 fully saturated rings. The van der Waals surface area contributed by atoms with E-state index >= 15 is 0 Å². The molecule has 9 nitrogen and oxygen atoms in total. The number of hydrogen-bond donors (Lipinski definition) is 3. The lowest BCUT2D eigenvalue weighted by Gasteiger charge is -2.14. The number of aromatic carboxylic acids is 1. The highest BCUT2D eigenvalue weighted by molar-refractivity contribution is 7.94. The lowest BCUT2D eigenvalue weighted by molar-refractivity contribution is 0.0696. The van der Waals surface area contributed by atoms with Crippen molar-refractivity contribution in [1.82, 2.24) is 0 Å². The van der Waals surface area contributed by atoms with Crippen LogP contribution in [0, 0.1) is 0 Å². The smallest absolute Gasteiger partial charge is 0.339 e. The molecule has 3 N–H and O–H groups in total. The number of benzene rings is 1. The number of thiophene rings is 1. The summed E-state index contributed by atoms with van der Waals surface area (Å²) in [7, 11) is -8.42. The van der Waals surface area contributed by atoms with Gasteiger partial charge in [0, 0.05) is 6.07 Å². The molecule has 3 aromatic rings. The average Bonchev–Trinajstić information content (AvgIpc) is 3.30. The monoisotopic (exact) mass is 496 g/mol. The molecule has 14 heteroatoms. The quantitative estimate of drug-likeness (QED) is 0.449. The van der Waals surface area contributed by atoms with Crippen molar-refractivity contribution < 1.29 is 31.2 Å². The van der Waals surface area contributed by atoms with Gasteiger partial charge in [-0.3, -0.25) is 9.44 Å². The SMILES string of the molecule is O=C(O)c1coc(S(=O)(=O)Nc2cc(Cl)c(Cl)cc2NS(=O)(=O)c2cccs2)c1. The molecule has 0 saturated carbocycles. The lowest BCUT2D eigenvalue weighted by Crippen LogP contribution is -2.17. The fourth-order valence-corrected chi connectivity index (χ4v) is 5.50. The van der Waals surface area contributed by atoms with Gasteiger partial charge in [0.25, 0.3) is 20.0 Å². The molecule has 2 aromatic heterocycles. The van der Waals surface area contributed by atoms with Gasteiger partial charge in [-0.1, -0.05) is 29.3 Å². The maximum Gasteiger partial charge on any atom is 0.339 e. The number of carboxylic acid groups (broad SMARTS) is 1. The second-order valence-electron chi connectivity index (χ2n) is 5.41. The Morgan fingerprint density at radius 2 is 1.59 bits per heavy atom. The molecule has 0 saturated heterocycles. The minimum absolute atomic E-state index is 0.00508. The standard InChI is InChI=1S/C15H10Cl2N2O7S3/c16-9-5-11(18-28(22,23)13-4-8(7-26-13)15(20)21)12(6-10(9)17)19-29(24,25)14-2-1-3-27-14/h1-7,18-19H,(H,20,21). The summed E-state index contributed by atoms with van der Waals surface area (Å²) in [6.07, 6.45) is 0.756. The first-order chi connectivity index (χ1) is 13.5. The van der Waals surface area contributed by atoms with Crippen LogP contribution in [-0.4, -0.2) is 27.9 Å². The van der Waals surface area contributed by atoms with Gasteiger partial charge in [0.1, 0.15) is 10.5 Å². The van der Waals surface area contributed by atoms with E-state index in [0.717, 1.165) is 35.8 Å². The van der Waals surface area contributed by atoms with E-state index in [1.165, 1.54) is 12.1 Å². The summed E-state index contributed by atoms with van der Waals surface area (Å²) >= 11 is 12.8. The third-order valence-corrected chi connectivity index (χ3v) is 8.11. The van der Waals surface area contributed by atoms with Crippen molar-refractivity contribution in [3.8, 4) is 0 Å². The van der Waals surface area contributed by atoms with Crippen molar-refractivity contribution in [3.63, 3.8) is 0 Å². The van der Waals surface area contributed by atoms with Crippen molar-refractivity contribution >= 4 is 71.9 Å². The Balaban J connectivity index is 2.00. The zero-order valence-electron chi connectivity index (χ0n) is 13.9. The van der Waals surface area contributed by atoms with E-state index in [1.807, 2.05) is 0 Å². The van der Waals surface area contributed by atoms with Crippen molar-refractivity contribution in [2.45, 2.75) is 9.30 Å². The topological polar surface area (TPSA) is 143 Å². The Bertz CT molecular complexity index is 1280. The van der Waals surface area contributed by atoms with Crippen LogP contribution < -0.4 is 9.44 Å². The molecule has 0 bridgehead atoms. The number of hydrogen-bond acceptors (Lipinski definition) is 7. The van der Waals surface area contributed by atoms with E-state index in [4.69, 9.17) is 32.7 Å². The van der Waals surface area contributed by atoms with Gasteiger partial charge in [-0.2, -0.15) is 8.42 Å². The predicted octanol–water partition coefficient (Wildman–Crippen LogP) is 3.95. The zero-order valence-corrected chi connectivity index (χ0v) is 17.9. The summed E-state index contributed by atoms with van der Waals surface area (Å²) in [5.74, 6) is -1.38. The summed E-state index contributed by atoms with van der Waals surface area (Å²) in [5, 5.41) is 9.70. The first-order valence-electron chi connectivity index (χ1n) is 7.39. The fourth-order valence-electron chi connectivity index (χ4n) is 2.09. The first kappa shape index (κ1) is 21.5. The highest BCUT2D eigenvalue weighted by Gasteiger charge is 2.25. The molecule has 0 aliphatic rings. The van der Waals surface area contributed by atoms with E-state index in [9.17, 15) is 21.6 Å². The van der Waals surface area contributed by atoms with Gasteiger partial charge in [-0.05, 0) is 23.6 Å². The highest BCUT2D eigenvalue weighted by atomic mass is 35.5. The van der Waals surface area contributed by atoms with E-state index < -0.39 is 31.1 Å². The number of furan rings is 1. The predicted molar refractivity (Wildman–Crippen MR) is 108 cm³/mol. The van der Waals surface area contributed by atoms with Crippen molar-refractivity contribution in [3.05, 3.63) is 57.6 Å². The Hall–Kier alpha value is -2.25. The van der Waals surface area contributed by atoms with Crippen LogP contribution in [0.2, 0.25) is 10.0 Å². The molecule has 0 unspecified atom stereocenters.